The second kappa shape index (κ2) is 5.74. The third-order valence-electron chi connectivity index (χ3n) is 2.95. The molecule has 2 rings (SSSR count). The molecule has 0 aliphatic heterocycles. The van der Waals surface area contributed by atoms with Crippen LogP contribution in [0.2, 0.25) is 0 Å². The lowest BCUT2D eigenvalue weighted by molar-refractivity contribution is -0.385. The van der Waals surface area contributed by atoms with Gasteiger partial charge >= 0.3 is 5.69 Å². The van der Waals surface area contributed by atoms with E-state index in [1.54, 1.807) is 14.0 Å². The van der Waals surface area contributed by atoms with E-state index < -0.39 is 4.92 Å². The van der Waals surface area contributed by atoms with Crippen molar-refractivity contribution in [2.24, 2.45) is 0 Å². The van der Waals surface area contributed by atoms with Crippen LogP contribution in [0.4, 0.5) is 23.1 Å². The van der Waals surface area contributed by atoms with E-state index in [1.807, 2.05) is 32.0 Å². The maximum absolute atomic E-state index is 11.2. The lowest BCUT2D eigenvalue weighted by Crippen LogP contribution is -2.07. The van der Waals surface area contributed by atoms with Gasteiger partial charge in [0, 0.05) is 12.7 Å². The smallest absolute Gasteiger partial charge is 0.332 e. The number of aryl methyl sites for hydroxylation is 3. The predicted octanol–water partition coefficient (Wildman–Crippen LogP) is 3.10. The summed E-state index contributed by atoms with van der Waals surface area (Å²) in [5.74, 6) is 0.520. The molecule has 7 heteroatoms. The van der Waals surface area contributed by atoms with Crippen molar-refractivity contribution >= 4 is 23.1 Å². The summed E-state index contributed by atoms with van der Waals surface area (Å²) in [7, 11) is 1.67. The molecule has 110 valence electrons. The van der Waals surface area contributed by atoms with Crippen LogP contribution in [0.1, 0.15) is 16.8 Å². The molecule has 1 heterocycles. The Bertz CT molecular complexity index is 680. The number of aromatic nitrogens is 2. The van der Waals surface area contributed by atoms with Gasteiger partial charge in [-0.15, -0.1) is 0 Å². The summed E-state index contributed by atoms with van der Waals surface area (Å²) in [5, 5.41) is 17.0. The van der Waals surface area contributed by atoms with E-state index in [2.05, 4.69) is 20.6 Å². The first-order valence-electron chi connectivity index (χ1n) is 6.47. The zero-order valence-electron chi connectivity index (χ0n) is 12.4. The Labute approximate surface area is 122 Å². The fraction of sp³-hybridized carbons (Fsp3) is 0.286. The van der Waals surface area contributed by atoms with Gasteiger partial charge in [-0.3, -0.25) is 10.1 Å². The van der Waals surface area contributed by atoms with Gasteiger partial charge < -0.3 is 10.6 Å². The van der Waals surface area contributed by atoms with Gasteiger partial charge in [-0.05, 0) is 44.0 Å². The molecule has 0 bridgehead atoms. The summed E-state index contributed by atoms with van der Waals surface area (Å²) in [6, 6.07) is 5.85. The minimum atomic E-state index is -0.472. The van der Waals surface area contributed by atoms with Gasteiger partial charge in [-0.2, -0.15) is 4.98 Å². The average Bonchev–Trinajstić information content (AvgIpc) is 2.36. The molecule has 0 saturated carbocycles. The second-order valence-corrected chi connectivity index (χ2v) is 4.84. The topological polar surface area (TPSA) is 93.0 Å². The summed E-state index contributed by atoms with van der Waals surface area (Å²) >= 11 is 0. The van der Waals surface area contributed by atoms with E-state index in [0.29, 0.717) is 11.6 Å². The van der Waals surface area contributed by atoms with Crippen molar-refractivity contribution in [3.8, 4) is 0 Å². The number of rotatable bonds is 4. The van der Waals surface area contributed by atoms with Crippen LogP contribution in [-0.4, -0.2) is 21.9 Å². The van der Waals surface area contributed by atoms with Gasteiger partial charge in [-0.1, -0.05) is 6.07 Å². The largest absolute Gasteiger partial charge is 0.357 e. The van der Waals surface area contributed by atoms with Gasteiger partial charge in [0.15, 0.2) is 0 Å². The Hall–Kier alpha value is -2.70. The normalized spacial score (nSPS) is 10.3. The number of hydrogen-bond acceptors (Lipinski definition) is 6. The molecule has 1 aromatic heterocycles. The Morgan fingerprint density at radius 2 is 1.71 bits per heavy atom. The summed E-state index contributed by atoms with van der Waals surface area (Å²) < 4.78 is 0. The first kappa shape index (κ1) is 14.7. The minimum Gasteiger partial charge on any atom is -0.357 e. The third-order valence-corrected chi connectivity index (χ3v) is 2.95. The number of benzene rings is 1. The number of nitrogens with zero attached hydrogens (tertiary/aromatic N) is 3. The molecule has 0 saturated heterocycles. The van der Waals surface area contributed by atoms with Crippen LogP contribution in [0, 0.1) is 30.9 Å². The molecule has 21 heavy (non-hydrogen) atoms. The van der Waals surface area contributed by atoms with Crippen LogP contribution in [-0.2, 0) is 0 Å². The quantitative estimate of drug-likeness (QED) is 0.663. The third kappa shape index (κ3) is 3.25. The van der Waals surface area contributed by atoms with Crippen LogP contribution in [0.5, 0.6) is 0 Å². The Morgan fingerprint density at radius 1 is 1.10 bits per heavy atom. The van der Waals surface area contributed by atoms with Crippen molar-refractivity contribution < 1.29 is 4.92 Å². The van der Waals surface area contributed by atoms with Crippen molar-refractivity contribution in [3.63, 3.8) is 0 Å². The molecule has 0 amide bonds. The number of hydrogen-bond donors (Lipinski definition) is 2. The van der Waals surface area contributed by atoms with Gasteiger partial charge in [0.2, 0.25) is 11.8 Å². The molecule has 1 aromatic carbocycles. The molecule has 7 nitrogen and oxygen atoms in total. The van der Waals surface area contributed by atoms with E-state index >= 15 is 0 Å². The maximum Gasteiger partial charge on any atom is 0.332 e. The summed E-state index contributed by atoms with van der Waals surface area (Å²) in [6.07, 6.45) is 0. The molecule has 2 aromatic rings. The van der Waals surface area contributed by atoms with E-state index in [1.165, 1.54) is 0 Å². The van der Waals surface area contributed by atoms with Crippen LogP contribution in [0.25, 0.3) is 0 Å². The number of anilines is 3. The molecule has 0 unspecified atom stereocenters. The second-order valence-electron chi connectivity index (χ2n) is 4.84. The van der Waals surface area contributed by atoms with Crippen LogP contribution >= 0.6 is 0 Å². The van der Waals surface area contributed by atoms with E-state index in [9.17, 15) is 10.1 Å². The average molecular weight is 287 g/mol. The van der Waals surface area contributed by atoms with E-state index in [-0.39, 0.29) is 11.5 Å². The number of nitro groups is 1. The van der Waals surface area contributed by atoms with Crippen LogP contribution in [0.3, 0.4) is 0 Å². The van der Waals surface area contributed by atoms with Gasteiger partial charge in [0.25, 0.3) is 0 Å². The monoisotopic (exact) mass is 287 g/mol. The van der Waals surface area contributed by atoms with Crippen molar-refractivity contribution in [1.29, 1.82) is 0 Å². The highest BCUT2D eigenvalue weighted by atomic mass is 16.6. The molecule has 0 aliphatic rings. The van der Waals surface area contributed by atoms with E-state index in [0.717, 1.165) is 16.8 Å². The van der Waals surface area contributed by atoms with Crippen molar-refractivity contribution in [2.75, 3.05) is 17.7 Å². The zero-order chi connectivity index (χ0) is 15.6. The van der Waals surface area contributed by atoms with Crippen molar-refractivity contribution in [3.05, 3.63) is 45.1 Å². The zero-order valence-corrected chi connectivity index (χ0v) is 12.4. The Balaban J connectivity index is 2.51. The van der Waals surface area contributed by atoms with Crippen LogP contribution < -0.4 is 10.6 Å². The molecule has 0 spiro atoms. The SMILES string of the molecule is CNc1nc(C)c([N+](=O)[O-])c(Nc2cc(C)cc(C)c2)n1. The molecular formula is C14H17N5O2. The molecule has 0 fully saturated rings. The predicted molar refractivity (Wildman–Crippen MR) is 82.2 cm³/mol. The summed E-state index contributed by atoms with van der Waals surface area (Å²) in [4.78, 5) is 19.0. The first-order valence-corrected chi connectivity index (χ1v) is 6.47. The highest BCUT2D eigenvalue weighted by Gasteiger charge is 2.22. The van der Waals surface area contributed by atoms with Gasteiger partial charge in [-0.25, -0.2) is 4.98 Å². The molecule has 2 N–H and O–H groups in total. The van der Waals surface area contributed by atoms with Crippen LogP contribution in [0.15, 0.2) is 18.2 Å². The lowest BCUT2D eigenvalue weighted by atomic mass is 10.1. The Kier molecular flexibility index (Phi) is 4.02. The highest BCUT2D eigenvalue weighted by molar-refractivity contribution is 5.68. The number of nitrogens with one attached hydrogen (secondary N) is 2. The van der Waals surface area contributed by atoms with Gasteiger partial charge in [0.05, 0.1) is 4.92 Å². The fourth-order valence-corrected chi connectivity index (χ4v) is 2.17. The molecule has 0 atom stereocenters. The summed E-state index contributed by atoms with van der Waals surface area (Å²) in [6.45, 7) is 5.53. The molecule has 0 aliphatic carbocycles. The van der Waals surface area contributed by atoms with Crippen molar-refractivity contribution in [1.82, 2.24) is 9.97 Å². The molecule has 0 radical (unpaired) electrons. The van der Waals surface area contributed by atoms with E-state index in [4.69, 9.17) is 0 Å². The summed E-state index contributed by atoms with van der Waals surface area (Å²) in [5.41, 5.74) is 3.09. The maximum atomic E-state index is 11.2. The lowest BCUT2D eigenvalue weighted by Gasteiger charge is -2.10. The Morgan fingerprint density at radius 3 is 2.24 bits per heavy atom. The first-order chi connectivity index (χ1) is 9.90. The van der Waals surface area contributed by atoms with Gasteiger partial charge in [0.1, 0.15) is 5.69 Å². The minimum absolute atomic E-state index is 0.117. The highest BCUT2D eigenvalue weighted by Crippen LogP contribution is 2.29. The standard InChI is InChI=1S/C14H17N5O2/c1-8-5-9(2)7-11(6-8)17-13-12(19(20)21)10(3)16-14(15-4)18-13/h5-7H,1-4H3,(H2,15,16,17,18). The fourth-order valence-electron chi connectivity index (χ4n) is 2.17. The molecular weight excluding hydrogens is 270 g/mol. The van der Waals surface area contributed by atoms with Crippen molar-refractivity contribution in [2.45, 2.75) is 20.8 Å².